The molecule has 6 nitrogen and oxygen atoms in total. The molecule has 1 N–H and O–H groups in total. The van der Waals surface area contributed by atoms with Crippen LogP contribution in [0.5, 0.6) is 0 Å². The highest BCUT2D eigenvalue weighted by molar-refractivity contribution is 6.04. The Hall–Kier alpha value is -2.63. The summed E-state index contributed by atoms with van der Waals surface area (Å²) in [5.74, 6) is 0.278. The lowest BCUT2D eigenvalue weighted by molar-refractivity contribution is -0.123. The van der Waals surface area contributed by atoms with Crippen molar-refractivity contribution in [3.63, 3.8) is 0 Å². The summed E-state index contributed by atoms with van der Waals surface area (Å²) in [4.78, 5) is 26.7. The molecular weight excluding hydrogens is 306 g/mol. The number of aromatic nitrogens is 1. The lowest BCUT2D eigenvalue weighted by atomic mass is 10.2. The van der Waals surface area contributed by atoms with Crippen molar-refractivity contribution in [3.05, 3.63) is 41.7 Å². The van der Waals surface area contributed by atoms with Gasteiger partial charge < -0.3 is 14.7 Å². The minimum atomic E-state index is -0.298. The summed E-state index contributed by atoms with van der Waals surface area (Å²) in [6.45, 7) is 6.27. The van der Waals surface area contributed by atoms with Crippen LogP contribution in [0.15, 0.2) is 34.9 Å². The number of hydrogen-bond acceptors (Lipinski definition) is 4. The molecule has 3 rings (SSSR count). The van der Waals surface area contributed by atoms with Gasteiger partial charge in [-0.1, -0.05) is 17.3 Å². The quantitative estimate of drug-likeness (QED) is 0.916. The maximum atomic E-state index is 12.7. The molecule has 0 radical (unpaired) electrons. The Balaban J connectivity index is 1.64. The van der Waals surface area contributed by atoms with Crippen LogP contribution >= 0.6 is 0 Å². The van der Waals surface area contributed by atoms with Crippen LogP contribution < -0.4 is 10.2 Å². The summed E-state index contributed by atoms with van der Waals surface area (Å²) in [6.07, 6.45) is 0.573. The summed E-state index contributed by atoms with van der Waals surface area (Å²) in [6, 6.07) is 9.49. The predicted octanol–water partition coefficient (Wildman–Crippen LogP) is 2.92. The van der Waals surface area contributed by atoms with Crippen molar-refractivity contribution >= 4 is 23.3 Å². The lowest BCUT2D eigenvalue weighted by Gasteiger charge is -2.21. The zero-order valence-corrected chi connectivity index (χ0v) is 14.1. The van der Waals surface area contributed by atoms with Crippen LogP contribution in [0.2, 0.25) is 0 Å². The number of benzene rings is 1. The molecule has 0 bridgehead atoms. The van der Waals surface area contributed by atoms with E-state index >= 15 is 0 Å². The second-order valence-corrected chi connectivity index (χ2v) is 6.18. The number of anilines is 2. The number of amides is 2. The summed E-state index contributed by atoms with van der Waals surface area (Å²) < 4.78 is 4.92. The fraction of sp³-hybridized carbons (Fsp3) is 0.389. The van der Waals surface area contributed by atoms with Crippen molar-refractivity contribution in [2.75, 3.05) is 16.8 Å². The molecule has 1 aliphatic rings. The topological polar surface area (TPSA) is 75.4 Å². The maximum absolute atomic E-state index is 12.7. The number of rotatable bonds is 5. The van der Waals surface area contributed by atoms with Gasteiger partial charge in [0, 0.05) is 18.3 Å². The van der Waals surface area contributed by atoms with Crippen LogP contribution in [-0.2, 0) is 9.59 Å². The second kappa shape index (κ2) is 6.47. The third-order valence-corrected chi connectivity index (χ3v) is 4.22. The van der Waals surface area contributed by atoms with E-state index in [0.717, 1.165) is 11.3 Å². The number of carbonyl (C=O) groups excluding carboxylic acids is 2. The first kappa shape index (κ1) is 16.2. The van der Waals surface area contributed by atoms with Crippen LogP contribution in [0.3, 0.4) is 0 Å². The van der Waals surface area contributed by atoms with E-state index < -0.39 is 0 Å². The smallest absolute Gasteiger partial charge is 0.230 e. The minimum Gasteiger partial charge on any atom is -0.360 e. The Bertz CT molecular complexity index is 768. The SMILES string of the molecule is CCN(C(=O)C1CC1C(=O)Nc1cc(C)on1)c1cccc(C)c1. The number of nitrogens with zero attached hydrogens (tertiary/aromatic N) is 2. The van der Waals surface area contributed by atoms with Crippen LogP contribution in [0, 0.1) is 25.7 Å². The first-order valence-corrected chi connectivity index (χ1v) is 8.11. The summed E-state index contributed by atoms with van der Waals surface area (Å²) >= 11 is 0. The third-order valence-electron chi connectivity index (χ3n) is 4.22. The van der Waals surface area contributed by atoms with Crippen molar-refractivity contribution in [1.82, 2.24) is 5.16 Å². The zero-order chi connectivity index (χ0) is 17.3. The van der Waals surface area contributed by atoms with E-state index in [4.69, 9.17) is 4.52 Å². The number of aryl methyl sites for hydroxylation is 2. The Labute approximate surface area is 140 Å². The summed E-state index contributed by atoms with van der Waals surface area (Å²) in [7, 11) is 0. The molecule has 1 fully saturated rings. The van der Waals surface area contributed by atoms with E-state index in [1.54, 1.807) is 17.9 Å². The molecule has 1 saturated carbocycles. The Morgan fingerprint density at radius 1 is 1.29 bits per heavy atom. The molecule has 24 heavy (non-hydrogen) atoms. The second-order valence-electron chi connectivity index (χ2n) is 6.18. The molecule has 0 spiro atoms. The van der Waals surface area contributed by atoms with Gasteiger partial charge in [-0.2, -0.15) is 0 Å². The van der Waals surface area contributed by atoms with Gasteiger partial charge in [-0.15, -0.1) is 0 Å². The van der Waals surface area contributed by atoms with Crippen molar-refractivity contribution in [2.24, 2.45) is 11.8 Å². The number of hydrogen-bond donors (Lipinski definition) is 1. The summed E-state index contributed by atoms with van der Waals surface area (Å²) in [5, 5.41) is 6.44. The van der Waals surface area contributed by atoms with Crippen LogP contribution in [-0.4, -0.2) is 23.5 Å². The molecule has 2 unspecified atom stereocenters. The lowest BCUT2D eigenvalue weighted by Crippen LogP contribution is -2.33. The molecule has 0 saturated heterocycles. The molecular formula is C18H21N3O3. The maximum Gasteiger partial charge on any atom is 0.230 e. The Morgan fingerprint density at radius 2 is 2.08 bits per heavy atom. The van der Waals surface area contributed by atoms with Crippen molar-refractivity contribution in [2.45, 2.75) is 27.2 Å². The van der Waals surface area contributed by atoms with Crippen molar-refractivity contribution in [1.29, 1.82) is 0 Å². The molecule has 0 aliphatic heterocycles. The van der Waals surface area contributed by atoms with Gasteiger partial charge in [0.25, 0.3) is 0 Å². The molecule has 1 heterocycles. The van der Waals surface area contributed by atoms with Crippen molar-refractivity contribution < 1.29 is 14.1 Å². The highest BCUT2D eigenvalue weighted by atomic mass is 16.5. The van der Waals surface area contributed by atoms with E-state index in [2.05, 4.69) is 10.5 Å². The summed E-state index contributed by atoms with van der Waals surface area (Å²) in [5.41, 5.74) is 1.98. The van der Waals surface area contributed by atoms with E-state index in [1.165, 1.54) is 0 Å². The minimum absolute atomic E-state index is 0.000386. The van der Waals surface area contributed by atoms with Gasteiger partial charge in [0.1, 0.15) is 5.76 Å². The normalized spacial score (nSPS) is 19.0. The Kier molecular flexibility index (Phi) is 4.38. The monoisotopic (exact) mass is 327 g/mol. The van der Waals surface area contributed by atoms with Crippen LogP contribution in [0.25, 0.3) is 0 Å². The molecule has 2 aromatic rings. The average molecular weight is 327 g/mol. The first-order chi connectivity index (χ1) is 11.5. The number of nitrogens with one attached hydrogen (secondary N) is 1. The van der Waals surface area contributed by atoms with Gasteiger partial charge in [0.15, 0.2) is 5.82 Å². The molecule has 1 aromatic heterocycles. The van der Waals surface area contributed by atoms with Gasteiger partial charge in [-0.05, 0) is 44.9 Å². The van der Waals surface area contributed by atoms with Crippen LogP contribution in [0.4, 0.5) is 11.5 Å². The molecule has 2 atom stereocenters. The average Bonchev–Trinajstić information content (AvgIpc) is 3.25. The predicted molar refractivity (Wildman–Crippen MR) is 90.7 cm³/mol. The molecule has 1 aromatic carbocycles. The molecule has 2 amide bonds. The van der Waals surface area contributed by atoms with Crippen molar-refractivity contribution in [3.8, 4) is 0 Å². The van der Waals surface area contributed by atoms with Gasteiger partial charge >= 0.3 is 0 Å². The standard InChI is InChI=1S/C18H21N3O3/c1-4-21(13-7-5-6-11(2)8-13)18(23)15-10-14(15)17(22)19-16-9-12(3)24-20-16/h5-9,14-15H,4,10H2,1-3H3,(H,19,20,22). The van der Waals surface area contributed by atoms with Gasteiger partial charge in [-0.3, -0.25) is 9.59 Å². The Morgan fingerprint density at radius 3 is 2.71 bits per heavy atom. The zero-order valence-electron chi connectivity index (χ0n) is 14.1. The van der Waals surface area contributed by atoms with Gasteiger partial charge in [0.05, 0.1) is 11.8 Å². The van der Waals surface area contributed by atoms with Crippen LogP contribution in [0.1, 0.15) is 24.7 Å². The number of carbonyl (C=O) groups is 2. The van der Waals surface area contributed by atoms with E-state index in [-0.39, 0.29) is 23.7 Å². The van der Waals surface area contributed by atoms with E-state index in [9.17, 15) is 9.59 Å². The fourth-order valence-corrected chi connectivity index (χ4v) is 2.86. The fourth-order valence-electron chi connectivity index (χ4n) is 2.86. The molecule has 1 aliphatic carbocycles. The first-order valence-electron chi connectivity index (χ1n) is 8.11. The van der Waals surface area contributed by atoms with Gasteiger partial charge in [0.2, 0.25) is 11.8 Å². The molecule has 6 heteroatoms. The largest absolute Gasteiger partial charge is 0.360 e. The highest BCUT2D eigenvalue weighted by Gasteiger charge is 2.49. The highest BCUT2D eigenvalue weighted by Crippen LogP contribution is 2.41. The van der Waals surface area contributed by atoms with E-state index in [0.29, 0.717) is 24.5 Å². The van der Waals surface area contributed by atoms with Gasteiger partial charge in [-0.25, -0.2) is 0 Å². The third kappa shape index (κ3) is 3.32. The van der Waals surface area contributed by atoms with E-state index in [1.807, 2.05) is 38.1 Å². The molecule has 126 valence electrons.